The molecule has 2 fully saturated rings. The third-order valence-electron chi connectivity index (χ3n) is 8.22. The van der Waals surface area contributed by atoms with Crippen LogP contribution in [0.3, 0.4) is 0 Å². The van der Waals surface area contributed by atoms with Crippen LogP contribution in [0.25, 0.3) is 10.8 Å². The summed E-state index contributed by atoms with van der Waals surface area (Å²) in [6.07, 6.45) is 0.871. The molecule has 0 amide bonds. The average molecular weight is 545 g/mol. The van der Waals surface area contributed by atoms with E-state index in [9.17, 15) is 22.4 Å². The average Bonchev–Trinajstić information content (AvgIpc) is 2.85. The first-order valence-electron chi connectivity index (χ1n) is 13.5. The number of rotatable bonds is 8. The predicted molar refractivity (Wildman–Crippen MR) is 132 cm³/mol. The van der Waals surface area contributed by atoms with Crippen LogP contribution in [0.15, 0.2) is 30.3 Å². The van der Waals surface area contributed by atoms with Crippen LogP contribution in [0.5, 0.6) is 11.5 Å². The smallest absolute Gasteiger partial charge is 0.426 e. The van der Waals surface area contributed by atoms with Gasteiger partial charge < -0.3 is 9.47 Å². The Labute approximate surface area is 218 Å². The topological polar surface area (TPSA) is 35.5 Å². The van der Waals surface area contributed by atoms with Crippen molar-refractivity contribution in [3.8, 4) is 11.5 Å². The standard InChI is InChI=1S/C29H34F6O3/c1-2-3-4-5-17-6-8-18(9-7-17)20-15-23(30)26(24(31)16-20)28(36)37-21-11-12-22-19(14-21)10-13-25(27(22)32)38-29(33,34)35/h10-14,17-18,20,23-24,26H,2-9,15-16H2,1H3. The number of benzene rings is 2. The van der Waals surface area contributed by atoms with Crippen molar-refractivity contribution in [1.82, 2.24) is 0 Å². The van der Waals surface area contributed by atoms with Crippen LogP contribution in [0.4, 0.5) is 26.3 Å². The third-order valence-corrected chi connectivity index (χ3v) is 8.22. The van der Waals surface area contributed by atoms with Crippen molar-refractivity contribution in [1.29, 1.82) is 0 Å². The second-order valence-corrected chi connectivity index (χ2v) is 10.8. The van der Waals surface area contributed by atoms with Crippen molar-refractivity contribution >= 4 is 16.7 Å². The zero-order valence-corrected chi connectivity index (χ0v) is 21.4. The molecule has 4 rings (SSSR count). The first kappa shape index (κ1) is 28.6. The van der Waals surface area contributed by atoms with Gasteiger partial charge in [0.05, 0.1) is 0 Å². The molecule has 0 radical (unpaired) electrons. The molecule has 2 atom stereocenters. The highest BCUT2D eigenvalue weighted by Gasteiger charge is 2.46. The molecular formula is C29H34F6O3. The molecule has 0 bridgehead atoms. The van der Waals surface area contributed by atoms with Crippen molar-refractivity contribution in [2.45, 2.75) is 89.8 Å². The van der Waals surface area contributed by atoms with Crippen molar-refractivity contribution < 1.29 is 40.6 Å². The predicted octanol–water partition coefficient (Wildman–Crippen LogP) is 8.87. The number of esters is 1. The van der Waals surface area contributed by atoms with Crippen LogP contribution < -0.4 is 9.47 Å². The molecule has 0 spiro atoms. The van der Waals surface area contributed by atoms with E-state index >= 15 is 8.78 Å². The Morgan fingerprint density at radius 1 is 0.947 bits per heavy atom. The van der Waals surface area contributed by atoms with Gasteiger partial charge in [-0.25, -0.2) is 13.2 Å². The van der Waals surface area contributed by atoms with E-state index in [0.29, 0.717) is 5.92 Å². The minimum atomic E-state index is -5.05. The molecule has 0 saturated heterocycles. The zero-order valence-electron chi connectivity index (χ0n) is 21.4. The first-order chi connectivity index (χ1) is 18.1. The van der Waals surface area contributed by atoms with Crippen LogP contribution in [0.2, 0.25) is 0 Å². The largest absolute Gasteiger partial charge is 0.573 e. The molecule has 2 aromatic carbocycles. The molecule has 0 aliphatic heterocycles. The lowest BCUT2D eigenvalue weighted by atomic mass is 9.67. The Morgan fingerprint density at radius 2 is 1.63 bits per heavy atom. The molecule has 2 aliphatic rings. The molecule has 210 valence electrons. The lowest BCUT2D eigenvalue weighted by Gasteiger charge is -2.40. The molecule has 2 aromatic rings. The van der Waals surface area contributed by atoms with Crippen LogP contribution in [-0.2, 0) is 4.79 Å². The maximum Gasteiger partial charge on any atom is 0.573 e. The molecule has 3 nitrogen and oxygen atoms in total. The van der Waals surface area contributed by atoms with Crippen molar-refractivity contribution in [3.63, 3.8) is 0 Å². The van der Waals surface area contributed by atoms with Crippen molar-refractivity contribution in [2.24, 2.45) is 23.7 Å². The Bertz CT molecular complexity index is 1080. The number of unbranched alkanes of at least 4 members (excludes halogenated alkanes) is 2. The lowest BCUT2D eigenvalue weighted by Crippen LogP contribution is -2.44. The Hall–Kier alpha value is -2.45. The summed E-state index contributed by atoms with van der Waals surface area (Å²) in [6, 6.07) is 5.53. The number of fused-ring (bicyclic) bond motifs is 1. The van der Waals surface area contributed by atoms with Gasteiger partial charge in [0.25, 0.3) is 0 Å². The summed E-state index contributed by atoms with van der Waals surface area (Å²) in [4.78, 5) is 12.7. The molecule has 38 heavy (non-hydrogen) atoms. The maximum atomic E-state index is 15.1. The fraction of sp³-hybridized carbons (Fsp3) is 0.621. The molecule has 2 unspecified atom stereocenters. The molecule has 0 heterocycles. The summed E-state index contributed by atoms with van der Waals surface area (Å²) < 4.78 is 91.0. The van der Waals surface area contributed by atoms with Gasteiger partial charge in [-0.3, -0.25) is 4.79 Å². The minimum Gasteiger partial charge on any atom is -0.426 e. The van der Waals surface area contributed by atoms with Crippen molar-refractivity contribution in [2.75, 3.05) is 0 Å². The molecule has 0 aromatic heterocycles. The second kappa shape index (κ2) is 12.2. The van der Waals surface area contributed by atoms with Gasteiger partial charge in [0, 0.05) is 5.39 Å². The first-order valence-corrected chi connectivity index (χ1v) is 13.5. The van der Waals surface area contributed by atoms with Crippen LogP contribution >= 0.6 is 0 Å². The van der Waals surface area contributed by atoms with Gasteiger partial charge in [-0.05, 0) is 73.1 Å². The normalized spacial score (nSPS) is 28.3. The Kier molecular flexibility index (Phi) is 9.14. The van der Waals surface area contributed by atoms with E-state index < -0.39 is 42.2 Å². The fourth-order valence-corrected chi connectivity index (χ4v) is 6.21. The van der Waals surface area contributed by atoms with E-state index in [2.05, 4.69) is 11.7 Å². The summed E-state index contributed by atoms with van der Waals surface area (Å²) in [7, 11) is 0. The SMILES string of the molecule is CCCCCC1CCC(C2CC(F)C(C(=O)Oc3ccc4c(F)c(OC(F)(F)F)ccc4c3)C(F)C2)CC1. The van der Waals surface area contributed by atoms with Gasteiger partial charge >= 0.3 is 12.3 Å². The zero-order chi connectivity index (χ0) is 27.4. The van der Waals surface area contributed by atoms with E-state index in [1.54, 1.807) is 0 Å². The highest BCUT2D eigenvalue weighted by molar-refractivity contribution is 5.87. The summed E-state index contributed by atoms with van der Waals surface area (Å²) in [5.41, 5.74) is 0. The van der Waals surface area contributed by atoms with Crippen LogP contribution in [-0.4, -0.2) is 24.7 Å². The van der Waals surface area contributed by atoms with E-state index in [0.717, 1.165) is 37.8 Å². The number of carbonyl (C=O) groups is 1. The van der Waals surface area contributed by atoms with Gasteiger partial charge in [0.2, 0.25) is 0 Å². The van der Waals surface area contributed by atoms with Gasteiger partial charge in [-0.1, -0.05) is 51.5 Å². The van der Waals surface area contributed by atoms with Gasteiger partial charge in [-0.2, -0.15) is 0 Å². The Morgan fingerprint density at radius 3 is 2.26 bits per heavy atom. The van der Waals surface area contributed by atoms with E-state index in [1.165, 1.54) is 43.9 Å². The molecule has 9 heteroatoms. The summed E-state index contributed by atoms with van der Waals surface area (Å²) >= 11 is 0. The third kappa shape index (κ3) is 6.94. The van der Waals surface area contributed by atoms with Crippen LogP contribution in [0, 0.1) is 29.5 Å². The quantitative estimate of drug-likeness (QED) is 0.144. The summed E-state index contributed by atoms with van der Waals surface area (Å²) in [6.45, 7) is 2.18. The number of halogens is 6. The lowest BCUT2D eigenvalue weighted by molar-refractivity contribution is -0.275. The fourth-order valence-electron chi connectivity index (χ4n) is 6.21. The molecule has 0 N–H and O–H groups in total. The number of hydrogen-bond donors (Lipinski definition) is 0. The minimum absolute atomic E-state index is 0.0747. The molecule has 2 aliphatic carbocycles. The van der Waals surface area contributed by atoms with E-state index in [-0.39, 0.29) is 41.2 Å². The second-order valence-electron chi connectivity index (χ2n) is 10.8. The summed E-state index contributed by atoms with van der Waals surface area (Å²) in [5, 5.41) is -0.0381. The molecule has 2 saturated carbocycles. The van der Waals surface area contributed by atoms with Crippen molar-refractivity contribution in [3.05, 3.63) is 36.1 Å². The Balaban J connectivity index is 1.35. The number of ether oxygens (including phenoxy) is 2. The van der Waals surface area contributed by atoms with E-state index in [1.807, 2.05) is 0 Å². The highest BCUT2D eigenvalue weighted by Crippen LogP contribution is 2.44. The highest BCUT2D eigenvalue weighted by atomic mass is 19.4. The summed E-state index contributed by atoms with van der Waals surface area (Å²) in [5.74, 6) is -4.01. The van der Waals surface area contributed by atoms with Gasteiger partial charge in [-0.15, -0.1) is 13.2 Å². The van der Waals surface area contributed by atoms with E-state index in [4.69, 9.17) is 4.74 Å². The number of carbonyl (C=O) groups excluding carboxylic acids is 1. The number of alkyl halides is 5. The van der Waals surface area contributed by atoms with Gasteiger partial charge in [0.15, 0.2) is 11.6 Å². The number of hydrogen-bond acceptors (Lipinski definition) is 3. The van der Waals surface area contributed by atoms with Crippen LogP contribution in [0.1, 0.15) is 71.1 Å². The maximum absolute atomic E-state index is 15.1. The molecular weight excluding hydrogens is 510 g/mol. The van der Waals surface area contributed by atoms with Gasteiger partial charge in [0.1, 0.15) is 24.0 Å². The monoisotopic (exact) mass is 544 g/mol.